The van der Waals surface area contributed by atoms with Crippen LogP contribution in [0.3, 0.4) is 0 Å². The lowest BCUT2D eigenvalue weighted by atomic mass is 9.98. The number of carbonyl (C=O) groups excluding carboxylic acids is 1. The normalized spacial score (nSPS) is 12.7. The number of ether oxygens (including phenoxy) is 2. The first-order valence-electron chi connectivity index (χ1n) is 10.1. The fourth-order valence-corrected chi connectivity index (χ4v) is 4.65. The molecule has 0 saturated carbocycles. The number of thiophene rings is 1. The van der Waals surface area contributed by atoms with Gasteiger partial charge in [0.1, 0.15) is 6.61 Å². The second-order valence-corrected chi connectivity index (χ2v) is 8.22. The molecule has 0 saturated heterocycles. The summed E-state index contributed by atoms with van der Waals surface area (Å²) in [5.74, 6) is 0.0860. The minimum atomic E-state index is -0.372. The summed E-state index contributed by atoms with van der Waals surface area (Å²) in [6.45, 7) is 1.52. The van der Waals surface area contributed by atoms with E-state index in [-0.39, 0.29) is 12.0 Å². The average Bonchev–Trinajstić information content (AvgIpc) is 3.34. The van der Waals surface area contributed by atoms with Crippen LogP contribution >= 0.6 is 11.3 Å². The summed E-state index contributed by atoms with van der Waals surface area (Å²) in [5.41, 5.74) is 6.06. The number of benzene rings is 2. The van der Waals surface area contributed by atoms with Crippen LogP contribution in [-0.4, -0.2) is 26.4 Å². The summed E-state index contributed by atoms with van der Waals surface area (Å²) in [5, 5.41) is 4.94. The third kappa shape index (κ3) is 4.64. The monoisotopic (exact) mass is 419 g/mol. The van der Waals surface area contributed by atoms with Crippen molar-refractivity contribution >= 4 is 23.5 Å². The second kappa shape index (κ2) is 9.74. The van der Waals surface area contributed by atoms with Gasteiger partial charge in [0.15, 0.2) is 0 Å². The van der Waals surface area contributed by atoms with E-state index in [2.05, 4.69) is 53.2 Å². The Kier molecular flexibility index (Phi) is 6.62. The number of nitrogens with one attached hydrogen (secondary N) is 1. The van der Waals surface area contributed by atoms with Gasteiger partial charge in [0.05, 0.1) is 6.61 Å². The second-order valence-electron chi connectivity index (χ2n) is 7.22. The van der Waals surface area contributed by atoms with Crippen molar-refractivity contribution in [2.24, 2.45) is 0 Å². The molecule has 5 heteroatoms. The third-order valence-corrected chi connectivity index (χ3v) is 6.12. The van der Waals surface area contributed by atoms with Gasteiger partial charge in [-0.2, -0.15) is 0 Å². The minimum Gasteiger partial charge on any atom is -0.449 e. The Morgan fingerprint density at radius 3 is 2.50 bits per heavy atom. The summed E-state index contributed by atoms with van der Waals surface area (Å²) in [6, 6.07) is 18.8. The number of hydrogen-bond acceptors (Lipinski definition) is 4. The predicted molar refractivity (Wildman–Crippen MR) is 122 cm³/mol. The van der Waals surface area contributed by atoms with E-state index in [4.69, 9.17) is 9.47 Å². The van der Waals surface area contributed by atoms with Gasteiger partial charge < -0.3 is 14.8 Å². The molecule has 1 aromatic heterocycles. The van der Waals surface area contributed by atoms with Crippen LogP contribution in [0.1, 0.15) is 33.9 Å². The largest absolute Gasteiger partial charge is 0.449 e. The molecular weight excluding hydrogens is 394 g/mol. The maximum absolute atomic E-state index is 12.2. The molecule has 1 aliphatic rings. The fourth-order valence-electron chi connectivity index (χ4n) is 3.83. The molecular formula is C25H25NO3S. The van der Waals surface area contributed by atoms with Crippen LogP contribution < -0.4 is 5.32 Å². The van der Waals surface area contributed by atoms with Gasteiger partial charge in [0.2, 0.25) is 0 Å². The molecule has 154 valence electrons. The Labute approximate surface area is 181 Å². The Morgan fingerprint density at radius 1 is 1.10 bits per heavy atom. The molecule has 4 nitrogen and oxygen atoms in total. The number of hydrogen-bond donors (Lipinski definition) is 1. The molecule has 0 aliphatic heterocycles. The van der Waals surface area contributed by atoms with Gasteiger partial charge in [0, 0.05) is 24.4 Å². The molecule has 4 rings (SSSR count). The zero-order chi connectivity index (χ0) is 20.8. The molecule has 2 aromatic carbocycles. The van der Waals surface area contributed by atoms with Crippen LogP contribution in [0.5, 0.6) is 0 Å². The van der Waals surface area contributed by atoms with Crippen LogP contribution in [0, 0.1) is 0 Å². The predicted octanol–water partition coefficient (Wildman–Crippen LogP) is 5.84. The number of alkyl carbamates (subject to hydrolysis) is 1. The highest BCUT2D eigenvalue weighted by molar-refractivity contribution is 7.10. The van der Waals surface area contributed by atoms with Crippen molar-refractivity contribution in [2.75, 3.05) is 20.3 Å². The van der Waals surface area contributed by atoms with Crippen molar-refractivity contribution in [3.8, 4) is 11.1 Å². The molecule has 1 N–H and O–H groups in total. The Morgan fingerprint density at radius 2 is 1.80 bits per heavy atom. The van der Waals surface area contributed by atoms with Gasteiger partial charge >= 0.3 is 6.09 Å². The van der Waals surface area contributed by atoms with E-state index in [1.54, 1.807) is 18.4 Å². The number of carbonyl (C=O) groups is 1. The lowest BCUT2D eigenvalue weighted by molar-refractivity contribution is 0.143. The first-order chi connectivity index (χ1) is 14.8. The van der Waals surface area contributed by atoms with Gasteiger partial charge in [-0.05, 0) is 45.7 Å². The van der Waals surface area contributed by atoms with Crippen molar-refractivity contribution < 1.29 is 14.3 Å². The molecule has 0 bridgehead atoms. The van der Waals surface area contributed by atoms with Crippen LogP contribution in [-0.2, 0) is 16.1 Å². The zero-order valence-corrected chi connectivity index (χ0v) is 17.8. The van der Waals surface area contributed by atoms with Crippen LogP contribution in [0.4, 0.5) is 4.79 Å². The van der Waals surface area contributed by atoms with Gasteiger partial charge in [0.25, 0.3) is 0 Å². The van der Waals surface area contributed by atoms with Gasteiger partial charge in [-0.25, -0.2) is 4.79 Å². The lowest BCUT2D eigenvalue weighted by Gasteiger charge is -2.14. The molecule has 0 radical (unpaired) electrons. The molecule has 0 fully saturated rings. The zero-order valence-electron chi connectivity index (χ0n) is 17.0. The highest BCUT2D eigenvalue weighted by Crippen LogP contribution is 2.44. The lowest BCUT2D eigenvalue weighted by Crippen LogP contribution is -2.26. The molecule has 1 aliphatic carbocycles. The molecule has 0 spiro atoms. The molecule has 3 aromatic rings. The van der Waals surface area contributed by atoms with Crippen LogP contribution in [0.25, 0.3) is 17.2 Å². The van der Waals surface area contributed by atoms with E-state index in [1.807, 2.05) is 24.3 Å². The van der Waals surface area contributed by atoms with Crippen molar-refractivity contribution in [3.63, 3.8) is 0 Å². The summed E-state index contributed by atoms with van der Waals surface area (Å²) in [7, 11) is 1.70. The number of fused-ring (bicyclic) bond motifs is 3. The van der Waals surface area contributed by atoms with Crippen LogP contribution in [0.15, 0.2) is 66.1 Å². The molecule has 1 heterocycles. The smallest absolute Gasteiger partial charge is 0.407 e. The highest BCUT2D eigenvalue weighted by atomic mass is 32.1. The number of methoxy groups -OCH3 is 1. The van der Waals surface area contributed by atoms with E-state index in [1.165, 1.54) is 27.1 Å². The van der Waals surface area contributed by atoms with E-state index in [0.717, 1.165) is 12.0 Å². The summed E-state index contributed by atoms with van der Waals surface area (Å²) in [6.07, 6.45) is 4.50. The summed E-state index contributed by atoms with van der Waals surface area (Å²) < 4.78 is 10.7. The van der Waals surface area contributed by atoms with E-state index in [0.29, 0.717) is 19.8 Å². The molecule has 0 atom stereocenters. The summed E-state index contributed by atoms with van der Waals surface area (Å²) >= 11 is 1.69. The van der Waals surface area contributed by atoms with Gasteiger partial charge in [-0.15, -0.1) is 11.3 Å². The molecule has 0 unspecified atom stereocenters. The maximum Gasteiger partial charge on any atom is 0.407 e. The Balaban J connectivity index is 1.25. The Hall–Kier alpha value is -2.89. The van der Waals surface area contributed by atoms with Crippen molar-refractivity contribution in [2.45, 2.75) is 18.9 Å². The first-order valence-corrected chi connectivity index (χ1v) is 11.0. The van der Waals surface area contributed by atoms with E-state index < -0.39 is 0 Å². The standard InChI is InChI=1S/C25H25NO3S/c1-28-15-19-14-18(17-30-19)8-6-7-13-26-25(27)29-16-24-22-11-4-2-9-20(22)21-10-3-5-12-23(21)24/h2-6,8-12,14,17,24H,7,13,15-16H2,1H3,(H,26,27). The molecule has 30 heavy (non-hydrogen) atoms. The highest BCUT2D eigenvalue weighted by Gasteiger charge is 2.28. The average molecular weight is 420 g/mol. The van der Waals surface area contributed by atoms with Crippen molar-refractivity contribution in [1.82, 2.24) is 5.32 Å². The quantitative estimate of drug-likeness (QED) is 0.467. The molecule has 1 amide bonds. The first kappa shape index (κ1) is 20.4. The minimum absolute atomic E-state index is 0.0860. The Bertz CT molecular complexity index is 995. The SMILES string of the molecule is COCc1cc(C=CCCNC(=O)OCC2c3ccccc3-c3ccccc32)cs1. The number of amides is 1. The maximum atomic E-state index is 12.2. The van der Waals surface area contributed by atoms with Crippen LogP contribution in [0.2, 0.25) is 0 Å². The number of rotatable bonds is 8. The van der Waals surface area contributed by atoms with E-state index >= 15 is 0 Å². The van der Waals surface area contributed by atoms with E-state index in [9.17, 15) is 4.79 Å². The van der Waals surface area contributed by atoms with Crippen molar-refractivity contribution in [1.29, 1.82) is 0 Å². The fraction of sp³-hybridized carbons (Fsp3) is 0.240. The van der Waals surface area contributed by atoms with Crippen molar-refractivity contribution in [3.05, 3.63) is 87.6 Å². The topological polar surface area (TPSA) is 47.6 Å². The van der Waals surface area contributed by atoms with Gasteiger partial charge in [-0.1, -0.05) is 60.7 Å². The third-order valence-electron chi connectivity index (χ3n) is 5.19. The summed E-state index contributed by atoms with van der Waals surface area (Å²) in [4.78, 5) is 13.4. The van der Waals surface area contributed by atoms with Gasteiger partial charge in [-0.3, -0.25) is 0 Å².